The zero-order valence-corrected chi connectivity index (χ0v) is 7.66. The first-order valence-electron chi connectivity index (χ1n) is 3.84. The minimum Gasteiger partial charge on any atom is -0.363 e. The molecule has 0 aromatic carbocycles. The molecule has 0 radical (unpaired) electrons. The largest absolute Gasteiger partial charge is 0.363 e. The van der Waals surface area contributed by atoms with Gasteiger partial charge in [-0.25, -0.2) is 4.98 Å². The van der Waals surface area contributed by atoms with Crippen molar-refractivity contribution < 1.29 is 0 Å². The number of nitrogens with one attached hydrogen (secondary N) is 1. The van der Waals surface area contributed by atoms with Gasteiger partial charge in [-0.2, -0.15) is 5.10 Å². The summed E-state index contributed by atoms with van der Waals surface area (Å²) in [7, 11) is 0. The average Bonchev–Trinajstić information content (AvgIpc) is 2.69. The first-order chi connectivity index (χ1) is 6.45. The van der Waals surface area contributed by atoms with Gasteiger partial charge in [0.1, 0.15) is 5.82 Å². The van der Waals surface area contributed by atoms with Gasteiger partial charge in [0.05, 0.1) is 17.7 Å². The van der Waals surface area contributed by atoms with E-state index in [1.807, 2.05) is 23.0 Å². The highest BCUT2D eigenvalue weighted by Gasteiger charge is 1.95. The molecule has 2 heterocycles. The first-order valence-corrected chi connectivity index (χ1v) is 4.78. The molecule has 66 valence electrons. The van der Waals surface area contributed by atoms with Crippen LogP contribution in [-0.4, -0.2) is 15.2 Å². The molecule has 0 amide bonds. The maximum Gasteiger partial charge on any atom is 0.148 e. The quantitative estimate of drug-likeness (QED) is 0.801. The van der Waals surface area contributed by atoms with Crippen molar-refractivity contribution in [1.82, 2.24) is 15.2 Å². The predicted octanol–water partition coefficient (Wildman–Crippen LogP) is 1.55. The molecule has 5 heteroatoms. The highest BCUT2D eigenvalue weighted by Crippen LogP contribution is 2.04. The first kappa shape index (κ1) is 8.12. The SMILES string of the molecule is c1cnnc(NCc2cscn2)c1. The lowest BCUT2D eigenvalue weighted by Crippen LogP contribution is -2.01. The van der Waals surface area contributed by atoms with Gasteiger partial charge in [0, 0.05) is 11.6 Å². The van der Waals surface area contributed by atoms with Crippen LogP contribution >= 0.6 is 11.3 Å². The van der Waals surface area contributed by atoms with Gasteiger partial charge >= 0.3 is 0 Å². The second kappa shape index (κ2) is 3.95. The third-order valence-corrected chi connectivity index (χ3v) is 2.14. The van der Waals surface area contributed by atoms with E-state index in [-0.39, 0.29) is 0 Å². The molecule has 2 rings (SSSR count). The minimum atomic E-state index is 0.697. The fourth-order valence-corrected chi connectivity index (χ4v) is 1.46. The monoisotopic (exact) mass is 192 g/mol. The lowest BCUT2D eigenvalue weighted by Gasteiger charge is -2.00. The van der Waals surface area contributed by atoms with Crippen LogP contribution in [0.4, 0.5) is 5.82 Å². The van der Waals surface area contributed by atoms with E-state index in [1.54, 1.807) is 17.5 Å². The van der Waals surface area contributed by atoms with Gasteiger partial charge in [0.2, 0.25) is 0 Å². The fourth-order valence-electron chi connectivity index (χ4n) is 0.902. The molecular formula is C8H8N4S. The molecule has 0 bridgehead atoms. The van der Waals surface area contributed by atoms with Crippen LogP contribution in [0, 0.1) is 0 Å². The molecule has 0 unspecified atom stereocenters. The Balaban J connectivity index is 1.94. The van der Waals surface area contributed by atoms with Crippen LogP contribution in [0.15, 0.2) is 29.2 Å². The summed E-state index contributed by atoms with van der Waals surface area (Å²) in [5, 5.41) is 12.8. The molecule has 2 aromatic rings. The Kier molecular flexibility index (Phi) is 2.47. The van der Waals surface area contributed by atoms with Gasteiger partial charge < -0.3 is 5.32 Å². The minimum absolute atomic E-state index is 0.697. The van der Waals surface area contributed by atoms with Crippen molar-refractivity contribution in [2.24, 2.45) is 0 Å². The molecule has 0 atom stereocenters. The molecular weight excluding hydrogens is 184 g/mol. The van der Waals surface area contributed by atoms with Crippen LogP contribution in [0.1, 0.15) is 5.69 Å². The Labute approximate surface area is 79.7 Å². The van der Waals surface area contributed by atoms with Gasteiger partial charge in [0.25, 0.3) is 0 Å². The van der Waals surface area contributed by atoms with Crippen LogP contribution < -0.4 is 5.32 Å². The maximum absolute atomic E-state index is 4.14. The van der Waals surface area contributed by atoms with Crippen molar-refractivity contribution in [3.63, 3.8) is 0 Å². The molecule has 0 spiro atoms. The summed E-state index contributed by atoms with van der Waals surface area (Å²) in [4.78, 5) is 4.14. The van der Waals surface area contributed by atoms with Crippen molar-refractivity contribution in [2.75, 3.05) is 5.32 Å². The number of nitrogens with zero attached hydrogens (tertiary/aromatic N) is 3. The second-order valence-electron chi connectivity index (χ2n) is 2.44. The molecule has 2 aromatic heterocycles. The Morgan fingerprint density at radius 3 is 3.15 bits per heavy atom. The Morgan fingerprint density at radius 1 is 1.46 bits per heavy atom. The van der Waals surface area contributed by atoms with E-state index in [4.69, 9.17) is 0 Å². The summed E-state index contributed by atoms with van der Waals surface area (Å²) in [5.74, 6) is 0.774. The maximum atomic E-state index is 4.14. The highest BCUT2D eigenvalue weighted by atomic mass is 32.1. The molecule has 0 aliphatic heterocycles. The molecule has 4 nitrogen and oxygen atoms in total. The summed E-state index contributed by atoms with van der Waals surface area (Å²) < 4.78 is 0. The molecule has 0 saturated carbocycles. The van der Waals surface area contributed by atoms with Crippen LogP contribution in [0.3, 0.4) is 0 Å². The summed E-state index contributed by atoms with van der Waals surface area (Å²) in [5.41, 5.74) is 2.84. The summed E-state index contributed by atoms with van der Waals surface area (Å²) in [6, 6.07) is 3.72. The van der Waals surface area contributed by atoms with Crippen molar-refractivity contribution >= 4 is 17.2 Å². The normalized spacial score (nSPS) is 9.85. The number of rotatable bonds is 3. The summed E-state index contributed by atoms with van der Waals surface area (Å²) in [6.07, 6.45) is 1.65. The van der Waals surface area contributed by atoms with Crippen LogP contribution in [-0.2, 0) is 6.54 Å². The summed E-state index contributed by atoms with van der Waals surface area (Å²) >= 11 is 1.59. The van der Waals surface area contributed by atoms with Crippen molar-refractivity contribution in [3.05, 3.63) is 34.9 Å². The van der Waals surface area contributed by atoms with Crippen molar-refractivity contribution in [3.8, 4) is 0 Å². The number of hydrogen-bond donors (Lipinski definition) is 1. The van der Waals surface area contributed by atoms with E-state index in [0.717, 1.165) is 11.5 Å². The van der Waals surface area contributed by atoms with Crippen LogP contribution in [0.25, 0.3) is 0 Å². The Morgan fingerprint density at radius 2 is 2.46 bits per heavy atom. The standard InChI is InChI=1S/C8H8N4S/c1-2-8(12-11-3-1)9-4-7-5-13-6-10-7/h1-3,5-6H,4H2,(H,9,12). The molecule has 0 fully saturated rings. The zero-order valence-electron chi connectivity index (χ0n) is 6.84. The van der Waals surface area contributed by atoms with Gasteiger partial charge in [0.15, 0.2) is 0 Å². The molecule has 1 N–H and O–H groups in total. The molecule has 0 saturated heterocycles. The van der Waals surface area contributed by atoms with Crippen LogP contribution in [0.2, 0.25) is 0 Å². The van der Waals surface area contributed by atoms with E-state index in [0.29, 0.717) is 6.54 Å². The lowest BCUT2D eigenvalue weighted by molar-refractivity contribution is 0.985. The highest BCUT2D eigenvalue weighted by molar-refractivity contribution is 7.07. The third-order valence-electron chi connectivity index (χ3n) is 1.51. The molecule has 0 aliphatic rings. The third kappa shape index (κ3) is 2.22. The van der Waals surface area contributed by atoms with E-state index < -0.39 is 0 Å². The van der Waals surface area contributed by atoms with E-state index >= 15 is 0 Å². The van der Waals surface area contributed by atoms with Crippen molar-refractivity contribution in [1.29, 1.82) is 0 Å². The smallest absolute Gasteiger partial charge is 0.148 e. The van der Waals surface area contributed by atoms with E-state index in [1.165, 1.54) is 0 Å². The van der Waals surface area contributed by atoms with Gasteiger partial charge in [-0.05, 0) is 12.1 Å². The molecule has 0 aliphatic carbocycles. The number of hydrogen-bond acceptors (Lipinski definition) is 5. The number of aromatic nitrogens is 3. The lowest BCUT2D eigenvalue weighted by atomic mass is 10.4. The Bertz CT molecular complexity index is 346. The van der Waals surface area contributed by atoms with Crippen LogP contribution in [0.5, 0.6) is 0 Å². The average molecular weight is 192 g/mol. The summed E-state index contributed by atoms with van der Waals surface area (Å²) in [6.45, 7) is 0.697. The van der Waals surface area contributed by atoms with Gasteiger partial charge in [-0.1, -0.05) is 0 Å². The topological polar surface area (TPSA) is 50.7 Å². The second-order valence-corrected chi connectivity index (χ2v) is 3.16. The zero-order chi connectivity index (χ0) is 8.93. The predicted molar refractivity (Wildman–Crippen MR) is 51.5 cm³/mol. The van der Waals surface area contributed by atoms with Gasteiger partial charge in [-0.3, -0.25) is 0 Å². The number of anilines is 1. The Hall–Kier alpha value is -1.49. The number of thiazole rings is 1. The van der Waals surface area contributed by atoms with E-state index in [2.05, 4.69) is 20.5 Å². The van der Waals surface area contributed by atoms with Gasteiger partial charge in [-0.15, -0.1) is 16.4 Å². The fraction of sp³-hybridized carbons (Fsp3) is 0.125. The molecule has 13 heavy (non-hydrogen) atoms. The van der Waals surface area contributed by atoms with E-state index in [9.17, 15) is 0 Å². The van der Waals surface area contributed by atoms with Crippen molar-refractivity contribution in [2.45, 2.75) is 6.54 Å².